The Hall–Kier alpha value is -1.35. The molecule has 1 aromatic rings. The van der Waals surface area contributed by atoms with Gasteiger partial charge in [0, 0.05) is 10.9 Å². The lowest BCUT2D eigenvalue weighted by atomic mass is 10.2. The maximum Gasteiger partial charge on any atom is 0.0704 e. The first-order valence-electron chi connectivity index (χ1n) is 3.81. The molecule has 1 aromatic carbocycles. The maximum absolute atomic E-state index is 5.58. The zero-order valence-corrected chi connectivity index (χ0v) is 8.09. The van der Waals surface area contributed by atoms with E-state index in [1.165, 1.54) is 0 Å². The average Bonchev–Trinajstić information content (AvgIpc) is 2.03. The van der Waals surface area contributed by atoms with Crippen LogP contribution in [0.15, 0.2) is 36.5 Å². The number of nitrogens with two attached hydrogens (primary N) is 2. The molecule has 0 heterocycles. The Morgan fingerprint density at radius 3 is 2.46 bits per heavy atom. The summed E-state index contributed by atoms with van der Waals surface area (Å²) in [6.45, 7) is 3.60. The fourth-order valence-corrected chi connectivity index (χ4v) is 1.26. The van der Waals surface area contributed by atoms with Gasteiger partial charge in [0.1, 0.15) is 0 Å². The van der Waals surface area contributed by atoms with Crippen molar-refractivity contribution >= 4 is 23.7 Å². The third-order valence-corrected chi connectivity index (χ3v) is 1.82. The van der Waals surface area contributed by atoms with Crippen LogP contribution in [0.4, 0.5) is 0 Å². The van der Waals surface area contributed by atoms with Gasteiger partial charge in [0.05, 0.1) is 5.03 Å². The predicted octanol–water partition coefficient (Wildman–Crippen LogP) is -0.106. The van der Waals surface area contributed by atoms with Crippen LogP contribution in [0.1, 0.15) is 0 Å². The van der Waals surface area contributed by atoms with E-state index in [2.05, 4.69) is 19.2 Å². The molecular formula is C10H12N2S. The van der Waals surface area contributed by atoms with Gasteiger partial charge in [-0.25, -0.2) is 0 Å². The highest BCUT2D eigenvalue weighted by atomic mass is 32.1. The quantitative estimate of drug-likeness (QED) is 0.544. The van der Waals surface area contributed by atoms with Crippen molar-refractivity contribution in [2.45, 2.75) is 0 Å². The second-order valence-corrected chi connectivity index (χ2v) is 3.17. The Bertz CT molecular complexity index is 430. The van der Waals surface area contributed by atoms with E-state index in [4.69, 9.17) is 11.5 Å². The minimum Gasteiger partial charge on any atom is -0.399 e. The Balaban J connectivity index is 3.56. The first-order chi connectivity index (χ1) is 6.11. The highest BCUT2D eigenvalue weighted by Crippen LogP contribution is 1.84. The van der Waals surface area contributed by atoms with E-state index in [1.54, 1.807) is 6.08 Å². The zero-order chi connectivity index (χ0) is 9.84. The van der Waals surface area contributed by atoms with Gasteiger partial charge in [-0.3, -0.25) is 0 Å². The van der Waals surface area contributed by atoms with Crippen LogP contribution in [0.25, 0.3) is 11.1 Å². The van der Waals surface area contributed by atoms with Crippen molar-refractivity contribution in [3.63, 3.8) is 0 Å². The Morgan fingerprint density at radius 1 is 1.31 bits per heavy atom. The van der Waals surface area contributed by atoms with Gasteiger partial charge in [0.2, 0.25) is 0 Å². The van der Waals surface area contributed by atoms with Gasteiger partial charge < -0.3 is 11.5 Å². The lowest BCUT2D eigenvalue weighted by Gasteiger charge is -1.93. The van der Waals surface area contributed by atoms with E-state index < -0.39 is 0 Å². The van der Waals surface area contributed by atoms with E-state index in [1.807, 2.05) is 24.3 Å². The summed E-state index contributed by atoms with van der Waals surface area (Å²) in [6, 6.07) is 7.61. The van der Waals surface area contributed by atoms with Crippen LogP contribution in [-0.4, -0.2) is 0 Å². The normalized spacial score (nSPS) is 14.1. The molecule has 0 aliphatic rings. The van der Waals surface area contributed by atoms with Gasteiger partial charge in [-0.15, -0.1) is 12.6 Å². The molecule has 0 aliphatic heterocycles. The summed E-state index contributed by atoms with van der Waals surface area (Å²) in [5.41, 5.74) is 11.6. The second kappa shape index (κ2) is 4.05. The number of rotatable bonds is 1. The standard InChI is InChI=1S/C10H12N2S/c1-7(11)6-8-4-2-3-5-9(8)10(12)13/h2-6,13H,1,11-12H2/b8-6-,10-9-. The molecule has 0 bridgehead atoms. The summed E-state index contributed by atoms with van der Waals surface area (Å²) in [5, 5.41) is 2.29. The first-order valence-corrected chi connectivity index (χ1v) is 4.26. The van der Waals surface area contributed by atoms with E-state index >= 15 is 0 Å². The fourth-order valence-electron chi connectivity index (χ4n) is 1.06. The monoisotopic (exact) mass is 192 g/mol. The van der Waals surface area contributed by atoms with E-state index in [-0.39, 0.29) is 0 Å². The van der Waals surface area contributed by atoms with Gasteiger partial charge in [0.15, 0.2) is 0 Å². The van der Waals surface area contributed by atoms with Crippen molar-refractivity contribution in [3.05, 3.63) is 47.0 Å². The maximum atomic E-state index is 5.58. The van der Waals surface area contributed by atoms with Crippen molar-refractivity contribution in [1.82, 2.24) is 0 Å². The van der Waals surface area contributed by atoms with E-state index in [0.29, 0.717) is 10.7 Å². The van der Waals surface area contributed by atoms with Crippen molar-refractivity contribution in [2.75, 3.05) is 0 Å². The molecule has 0 saturated heterocycles. The van der Waals surface area contributed by atoms with Gasteiger partial charge >= 0.3 is 0 Å². The Kier molecular flexibility index (Phi) is 3.03. The number of benzene rings is 1. The third kappa shape index (κ3) is 2.56. The molecule has 0 spiro atoms. The zero-order valence-electron chi connectivity index (χ0n) is 7.20. The molecule has 4 N–H and O–H groups in total. The van der Waals surface area contributed by atoms with Gasteiger partial charge in [-0.05, 0) is 11.3 Å². The summed E-state index contributed by atoms with van der Waals surface area (Å²) >= 11 is 4.08. The molecule has 1 rings (SSSR count). The summed E-state index contributed by atoms with van der Waals surface area (Å²) in [4.78, 5) is 0. The highest BCUT2D eigenvalue weighted by molar-refractivity contribution is 7.89. The van der Waals surface area contributed by atoms with Crippen LogP contribution in [0.2, 0.25) is 0 Å². The molecule has 0 aromatic heterocycles. The Labute approximate surface area is 82.7 Å². The van der Waals surface area contributed by atoms with Crippen molar-refractivity contribution in [1.29, 1.82) is 0 Å². The minimum atomic E-state index is 0.480. The largest absolute Gasteiger partial charge is 0.399 e. The molecular weight excluding hydrogens is 180 g/mol. The van der Waals surface area contributed by atoms with E-state index in [0.717, 1.165) is 10.4 Å². The van der Waals surface area contributed by atoms with Crippen LogP contribution in [-0.2, 0) is 0 Å². The number of allylic oxidation sites excluding steroid dienone is 1. The van der Waals surface area contributed by atoms with E-state index in [9.17, 15) is 0 Å². The smallest absolute Gasteiger partial charge is 0.0704 e. The second-order valence-electron chi connectivity index (χ2n) is 2.69. The molecule has 0 saturated carbocycles. The molecule has 13 heavy (non-hydrogen) atoms. The average molecular weight is 192 g/mol. The molecule has 0 unspecified atom stereocenters. The first kappa shape index (κ1) is 9.74. The highest BCUT2D eigenvalue weighted by Gasteiger charge is 1.87. The predicted molar refractivity (Wildman–Crippen MR) is 60.1 cm³/mol. The van der Waals surface area contributed by atoms with Crippen LogP contribution in [0.5, 0.6) is 0 Å². The molecule has 2 nitrogen and oxygen atoms in total. The van der Waals surface area contributed by atoms with Gasteiger partial charge in [0.25, 0.3) is 0 Å². The van der Waals surface area contributed by atoms with Crippen LogP contribution in [0.3, 0.4) is 0 Å². The summed E-state index contributed by atoms with van der Waals surface area (Å²) < 4.78 is 0. The molecule has 0 amide bonds. The third-order valence-electron chi connectivity index (χ3n) is 1.58. The van der Waals surface area contributed by atoms with Gasteiger partial charge in [-0.2, -0.15) is 0 Å². The summed E-state index contributed by atoms with van der Waals surface area (Å²) in [6.07, 6.45) is 1.76. The molecule has 0 atom stereocenters. The lowest BCUT2D eigenvalue weighted by Crippen LogP contribution is -2.28. The Morgan fingerprint density at radius 2 is 1.92 bits per heavy atom. The van der Waals surface area contributed by atoms with Gasteiger partial charge in [-0.1, -0.05) is 30.8 Å². The topological polar surface area (TPSA) is 52.0 Å². The minimum absolute atomic E-state index is 0.480. The van der Waals surface area contributed by atoms with Crippen LogP contribution >= 0.6 is 12.6 Å². The molecule has 0 radical (unpaired) electrons. The number of thiol groups is 1. The number of hydrogen-bond acceptors (Lipinski definition) is 3. The fraction of sp³-hybridized carbons (Fsp3) is 0. The van der Waals surface area contributed by atoms with Crippen molar-refractivity contribution in [3.8, 4) is 0 Å². The summed E-state index contributed by atoms with van der Waals surface area (Å²) in [5.74, 6) is 0. The lowest BCUT2D eigenvalue weighted by molar-refractivity contribution is 1.44. The molecule has 0 fully saturated rings. The molecule has 0 aliphatic carbocycles. The van der Waals surface area contributed by atoms with Crippen molar-refractivity contribution < 1.29 is 0 Å². The SMILES string of the molecule is C=C(N)/C=c1/cccc/c1=C(\N)S. The molecule has 3 heteroatoms. The molecule has 68 valence electrons. The summed E-state index contributed by atoms with van der Waals surface area (Å²) in [7, 11) is 0. The van der Waals surface area contributed by atoms with Crippen LogP contribution in [0, 0.1) is 0 Å². The number of hydrogen-bond donors (Lipinski definition) is 3. The van der Waals surface area contributed by atoms with Crippen LogP contribution < -0.4 is 21.9 Å². The van der Waals surface area contributed by atoms with Crippen molar-refractivity contribution in [2.24, 2.45) is 11.5 Å².